The number of ether oxygens (including phenoxy) is 1. The van der Waals surface area contributed by atoms with Crippen molar-refractivity contribution >= 4 is 15.9 Å². The summed E-state index contributed by atoms with van der Waals surface area (Å²) in [6.45, 7) is 0. The summed E-state index contributed by atoms with van der Waals surface area (Å²) in [5.41, 5.74) is 1.19. The molecule has 0 aliphatic carbocycles. The Morgan fingerprint density at radius 3 is 3.15 bits per heavy atom. The molecule has 1 atom stereocenters. The Kier molecular flexibility index (Phi) is 2.44. The topological polar surface area (TPSA) is 29.5 Å². The zero-order valence-corrected chi connectivity index (χ0v) is 8.75. The fourth-order valence-electron chi connectivity index (χ4n) is 1.52. The minimum absolute atomic E-state index is 0.245. The van der Waals surface area contributed by atoms with E-state index in [4.69, 9.17) is 4.74 Å². The van der Waals surface area contributed by atoms with E-state index >= 15 is 0 Å². The SMILES string of the molecule is Oc1ccc2c(c1)OC(CBr)CC2. The fourth-order valence-corrected chi connectivity index (χ4v) is 1.98. The normalized spacial score (nSPS) is 20.5. The van der Waals surface area contributed by atoms with Crippen LogP contribution in [0.2, 0.25) is 0 Å². The lowest BCUT2D eigenvalue weighted by Crippen LogP contribution is -2.23. The predicted molar refractivity (Wildman–Crippen MR) is 54.6 cm³/mol. The van der Waals surface area contributed by atoms with Crippen LogP contribution in [0, 0.1) is 0 Å². The predicted octanol–water partition coefficient (Wildman–Crippen LogP) is 2.48. The Morgan fingerprint density at radius 2 is 2.38 bits per heavy atom. The van der Waals surface area contributed by atoms with Crippen molar-refractivity contribution in [1.29, 1.82) is 0 Å². The molecule has 0 saturated carbocycles. The van der Waals surface area contributed by atoms with Crippen LogP contribution in [0.15, 0.2) is 18.2 Å². The first-order chi connectivity index (χ1) is 6.29. The summed E-state index contributed by atoms with van der Waals surface area (Å²) in [7, 11) is 0. The number of alkyl halides is 1. The van der Waals surface area contributed by atoms with Crippen LogP contribution in [0.1, 0.15) is 12.0 Å². The molecule has 2 nitrogen and oxygen atoms in total. The molecule has 0 fully saturated rings. The van der Waals surface area contributed by atoms with Gasteiger partial charge in [0, 0.05) is 11.4 Å². The fraction of sp³-hybridized carbons (Fsp3) is 0.400. The summed E-state index contributed by atoms with van der Waals surface area (Å²) in [6, 6.07) is 5.32. The first-order valence-corrected chi connectivity index (χ1v) is 5.46. The summed E-state index contributed by atoms with van der Waals surface area (Å²) in [5, 5.41) is 10.1. The van der Waals surface area contributed by atoms with Gasteiger partial charge in [-0.15, -0.1) is 0 Å². The van der Waals surface area contributed by atoms with Crippen molar-refractivity contribution in [2.75, 3.05) is 5.33 Å². The average Bonchev–Trinajstić information content (AvgIpc) is 2.16. The third kappa shape index (κ3) is 1.80. The zero-order chi connectivity index (χ0) is 9.26. The number of benzene rings is 1. The van der Waals surface area contributed by atoms with E-state index in [-0.39, 0.29) is 11.9 Å². The molecule has 1 aliphatic rings. The monoisotopic (exact) mass is 242 g/mol. The molecule has 70 valence electrons. The van der Waals surface area contributed by atoms with Crippen LogP contribution in [-0.2, 0) is 6.42 Å². The Balaban J connectivity index is 2.27. The first kappa shape index (κ1) is 8.88. The lowest BCUT2D eigenvalue weighted by atomic mass is 10.0. The van der Waals surface area contributed by atoms with E-state index in [0.717, 1.165) is 23.9 Å². The molecule has 1 aromatic rings. The van der Waals surface area contributed by atoms with Crippen LogP contribution >= 0.6 is 15.9 Å². The standard InChI is InChI=1S/C10H11BrO2/c11-6-9-4-2-7-1-3-8(12)5-10(7)13-9/h1,3,5,9,12H,2,4,6H2. The van der Waals surface area contributed by atoms with Crippen molar-refractivity contribution in [2.24, 2.45) is 0 Å². The average molecular weight is 243 g/mol. The van der Waals surface area contributed by atoms with Crippen LogP contribution in [0.3, 0.4) is 0 Å². The summed E-state index contributed by atoms with van der Waals surface area (Å²) in [5.74, 6) is 1.10. The third-order valence-electron chi connectivity index (χ3n) is 2.25. The highest BCUT2D eigenvalue weighted by Gasteiger charge is 2.18. The Labute approximate surface area is 85.7 Å². The molecule has 0 spiro atoms. The highest BCUT2D eigenvalue weighted by molar-refractivity contribution is 9.09. The summed E-state index contributed by atoms with van der Waals surface area (Å²) in [6.07, 6.45) is 2.32. The molecule has 0 saturated heterocycles. The molecule has 0 amide bonds. The summed E-state index contributed by atoms with van der Waals surface area (Å²) < 4.78 is 5.66. The second-order valence-corrected chi connectivity index (χ2v) is 3.87. The van der Waals surface area contributed by atoms with Crippen LogP contribution in [-0.4, -0.2) is 16.5 Å². The number of phenolic OH excluding ortho intramolecular Hbond substituents is 1. The van der Waals surface area contributed by atoms with E-state index in [0.29, 0.717) is 0 Å². The molecule has 1 heterocycles. The van der Waals surface area contributed by atoms with E-state index in [9.17, 15) is 5.11 Å². The van der Waals surface area contributed by atoms with E-state index in [1.165, 1.54) is 5.56 Å². The van der Waals surface area contributed by atoms with Crippen LogP contribution in [0.4, 0.5) is 0 Å². The third-order valence-corrected chi connectivity index (χ3v) is 2.97. The van der Waals surface area contributed by atoms with E-state index in [2.05, 4.69) is 15.9 Å². The van der Waals surface area contributed by atoms with Gasteiger partial charge in [-0.1, -0.05) is 22.0 Å². The minimum Gasteiger partial charge on any atom is -0.508 e. The van der Waals surface area contributed by atoms with Gasteiger partial charge in [0.2, 0.25) is 0 Å². The molecule has 0 aromatic heterocycles. The van der Waals surface area contributed by atoms with Gasteiger partial charge in [-0.05, 0) is 24.5 Å². The number of aromatic hydroxyl groups is 1. The molecule has 0 bridgehead atoms. The van der Waals surface area contributed by atoms with Gasteiger partial charge in [-0.3, -0.25) is 0 Å². The Morgan fingerprint density at radius 1 is 1.54 bits per heavy atom. The molecule has 0 radical (unpaired) electrons. The highest BCUT2D eigenvalue weighted by atomic mass is 79.9. The largest absolute Gasteiger partial charge is 0.508 e. The van der Waals surface area contributed by atoms with Crippen LogP contribution in [0.5, 0.6) is 11.5 Å². The maximum Gasteiger partial charge on any atom is 0.126 e. The van der Waals surface area contributed by atoms with Crippen molar-refractivity contribution in [3.63, 3.8) is 0 Å². The van der Waals surface area contributed by atoms with Crippen molar-refractivity contribution in [2.45, 2.75) is 18.9 Å². The molecule has 1 unspecified atom stereocenters. The second kappa shape index (κ2) is 3.58. The molecule has 1 N–H and O–H groups in total. The van der Waals surface area contributed by atoms with Crippen molar-refractivity contribution < 1.29 is 9.84 Å². The quantitative estimate of drug-likeness (QED) is 0.768. The molecular weight excluding hydrogens is 232 g/mol. The molecule has 13 heavy (non-hydrogen) atoms. The number of hydrogen-bond donors (Lipinski definition) is 1. The van der Waals surface area contributed by atoms with Gasteiger partial charge in [0.1, 0.15) is 17.6 Å². The number of phenols is 1. The van der Waals surface area contributed by atoms with E-state index in [1.807, 2.05) is 6.07 Å². The van der Waals surface area contributed by atoms with Gasteiger partial charge in [0.05, 0.1) is 0 Å². The number of hydrogen-bond acceptors (Lipinski definition) is 2. The van der Waals surface area contributed by atoms with Gasteiger partial charge < -0.3 is 9.84 Å². The molecule has 2 rings (SSSR count). The van der Waals surface area contributed by atoms with Crippen molar-refractivity contribution in [3.8, 4) is 11.5 Å². The molecule has 3 heteroatoms. The molecular formula is C10H11BrO2. The lowest BCUT2D eigenvalue weighted by Gasteiger charge is -2.24. The Bertz CT molecular complexity index is 312. The van der Waals surface area contributed by atoms with Gasteiger partial charge in [-0.25, -0.2) is 0 Å². The first-order valence-electron chi connectivity index (χ1n) is 4.34. The van der Waals surface area contributed by atoms with E-state index in [1.54, 1.807) is 12.1 Å². The van der Waals surface area contributed by atoms with Crippen molar-refractivity contribution in [3.05, 3.63) is 23.8 Å². The Hall–Kier alpha value is -0.700. The van der Waals surface area contributed by atoms with Gasteiger partial charge in [0.15, 0.2) is 0 Å². The van der Waals surface area contributed by atoms with Gasteiger partial charge in [0.25, 0.3) is 0 Å². The second-order valence-electron chi connectivity index (χ2n) is 3.22. The van der Waals surface area contributed by atoms with Gasteiger partial charge >= 0.3 is 0 Å². The minimum atomic E-state index is 0.245. The highest BCUT2D eigenvalue weighted by Crippen LogP contribution is 2.31. The van der Waals surface area contributed by atoms with Crippen molar-refractivity contribution in [1.82, 2.24) is 0 Å². The zero-order valence-electron chi connectivity index (χ0n) is 7.16. The van der Waals surface area contributed by atoms with E-state index < -0.39 is 0 Å². The summed E-state index contributed by atoms with van der Waals surface area (Å²) >= 11 is 3.39. The maximum atomic E-state index is 9.26. The number of rotatable bonds is 1. The smallest absolute Gasteiger partial charge is 0.126 e. The summed E-state index contributed by atoms with van der Waals surface area (Å²) in [4.78, 5) is 0. The number of aryl methyl sites for hydroxylation is 1. The lowest BCUT2D eigenvalue weighted by molar-refractivity contribution is 0.197. The maximum absolute atomic E-state index is 9.26. The number of halogens is 1. The van der Waals surface area contributed by atoms with Crippen LogP contribution in [0.25, 0.3) is 0 Å². The molecule has 1 aromatic carbocycles. The van der Waals surface area contributed by atoms with Crippen LogP contribution < -0.4 is 4.74 Å². The molecule has 1 aliphatic heterocycles. The van der Waals surface area contributed by atoms with Gasteiger partial charge in [-0.2, -0.15) is 0 Å². The number of fused-ring (bicyclic) bond motifs is 1.